The third-order valence-corrected chi connectivity index (χ3v) is 4.72. The highest BCUT2D eigenvalue weighted by Crippen LogP contribution is 2.16. The fraction of sp³-hybridized carbons (Fsp3) is 0.474. The van der Waals surface area contributed by atoms with Gasteiger partial charge in [0.15, 0.2) is 0 Å². The summed E-state index contributed by atoms with van der Waals surface area (Å²) in [4.78, 5) is 12.6. The molecule has 130 valence electrons. The number of nitrogens with one attached hydrogen (secondary N) is 1. The Bertz CT molecular complexity index is 720. The average molecular weight is 328 g/mol. The smallest absolute Gasteiger partial charge is 0.251 e. The van der Waals surface area contributed by atoms with Gasteiger partial charge in [0.1, 0.15) is 0 Å². The predicted octanol–water partition coefficient (Wildman–Crippen LogP) is 2.65. The minimum atomic E-state index is -0.414. The Hall–Kier alpha value is -2.14. The minimum Gasteiger partial charge on any atom is -0.345 e. The molecule has 1 amide bonds. The van der Waals surface area contributed by atoms with E-state index in [9.17, 15) is 4.79 Å². The van der Waals surface area contributed by atoms with E-state index in [1.165, 1.54) is 0 Å². The molecule has 2 rings (SSSR count). The van der Waals surface area contributed by atoms with Crippen molar-refractivity contribution < 1.29 is 4.79 Å². The number of nitrogens with two attached hydrogens (primary N) is 1. The molecule has 24 heavy (non-hydrogen) atoms. The zero-order valence-electron chi connectivity index (χ0n) is 15.3. The van der Waals surface area contributed by atoms with Gasteiger partial charge in [-0.25, -0.2) is 0 Å². The maximum absolute atomic E-state index is 12.6. The first-order valence-corrected chi connectivity index (χ1v) is 8.38. The summed E-state index contributed by atoms with van der Waals surface area (Å²) in [6.45, 7) is 11.2. The van der Waals surface area contributed by atoms with Gasteiger partial charge in [-0.05, 0) is 50.5 Å². The van der Waals surface area contributed by atoms with Crippen molar-refractivity contribution in [1.29, 1.82) is 0 Å². The summed E-state index contributed by atoms with van der Waals surface area (Å²) in [7, 11) is 0. The first kappa shape index (κ1) is 18.2. The van der Waals surface area contributed by atoms with E-state index in [-0.39, 0.29) is 11.8 Å². The highest BCUT2D eigenvalue weighted by atomic mass is 16.1. The lowest BCUT2D eigenvalue weighted by atomic mass is 9.88. The fourth-order valence-electron chi connectivity index (χ4n) is 2.58. The highest BCUT2D eigenvalue weighted by Gasteiger charge is 2.28. The molecule has 0 aliphatic carbocycles. The number of nitrogens with zero attached hydrogens (tertiary/aromatic N) is 2. The van der Waals surface area contributed by atoms with E-state index in [0.29, 0.717) is 18.7 Å². The SMILES string of the molecule is Cc1cc(C)n(Cc2cccc(C(=O)NC(C)(CN)C(C)C)c2)n1. The third-order valence-electron chi connectivity index (χ3n) is 4.72. The molecule has 0 radical (unpaired) electrons. The van der Waals surface area contributed by atoms with Crippen LogP contribution < -0.4 is 11.1 Å². The molecular weight excluding hydrogens is 300 g/mol. The van der Waals surface area contributed by atoms with Gasteiger partial charge in [-0.15, -0.1) is 0 Å². The summed E-state index contributed by atoms with van der Waals surface area (Å²) in [6.07, 6.45) is 0. The van der Waals surface area contributed by atoms with Gasteiger partial charge in [0.05, 0.1) is 17.8 Å². The third kappa shape index (κ3) is 4.03. The Morgan fingerprint density at radius 2 is 2.04 bits per heavy atom. The van der Waals surface area contributed by atoms with Crippen molar-refractivity contribution in [3.8, 4) is 0 Å². The lowest BCUT2D eigenvalue weighted by Crippen LogP contribution is -2.55. The van der Waals surface area contributed by atoms with Crippen LogP contribution in [0.15, 0.2) is 30.3 Å². The van der Waals surface area contributed by atoms with E-state index in [1.54, 1.807) is 0 Å². The van der Waals surface area contributed by atoms with Gasteiger partial charge in [0, 0.05) is 17.8 Å². The first-order chi connectivity index (χ1) is 11.2. The van der Waals surface area contributed by atoms with E-state index < -0.39 is 5.54 Å². The van der Waals surface area contributed by atoms with Gasteiger partial charge in [-0.3, -0.25) is 9.48 Å². The number of amides is 1. The summed E-state index contributed by atoms with van der Waals surface area (Å²) >= 11 is 0. The predicted molar refractivity (Wildman–Crippen MR) is 97.0 cm³/mol. The second-order valence-corrected chi connectivity index (χ2v) is 7.02. The minimum absolute atomic E-state index is 0.0909. The quantitative estimate of drug-likeness (QED) is 0.856. The lowest BCUT2D eigenvalue weighted by molar-refractivity contribution is 0.0883. The summed E-state index contributed by atoms with van der Waals surface area (Å²) < 4.78 is 1.95. The lowest BCUT2D eigenvalue weighted by Gasteiger charge is -2.33. The molecule has 0 fully saturated rings. The van der Waals surface area contributed by atoms with Crippen LogP contribution in [0.1, 0.15) is 48.1 Å². The van der Waals surface area contributed by atoms with Gasteiger partial charge >= 0.3 is 0 Å². The molecule has 1 unspecified atom stereocenters. The molecule has 5 heteroatoms. The second-order valence-electron chi connectivity index (χ2n) is 7.02. The van der Waals surface area contributed by atoms with Crippen LogP contribution in [0, 0.1) is 19.8 Å². The molecule has 2 aromatic rings. The van der Waals surface area contributed by atoms with Crippen molar-refractivity contribution in [2.45, 2.75) is 46.7 Å². The molecule has 0 aliphatic rings. The summed E-state index contributed by atoms with van der Waals surface area (Å²) in [5, 5.41) is 7.55. The molecule has 3 N–H and O–H groups in total. The molecule has 1 aromatic carbocycles. The van der Waals surface area contributed by atoms with Gasteiger partial charge in [-0.2, -0.15) is 5.10 Å². The number of aromatic nitrogens is 2. The van der Waals surface area contributed by atoms with Crippen LogP contribution in [0.3, 0.4) is 0 Å². The normalized spacial score (nSPS) is 13.8. The summed E-state index contributed by atoms with van der Waals surface area (Å²) in [5.74, 6) is 0.163. The average Bonchev–Trinajstić information content (AvgIpc) is 2.84. The number of benzene rings is 1. The topological polar surface area (TPSA) is 72.9 Å². The van der Waals surface area contributed by atoms with E-state index in [2.05, 4.69) is 24.3 Å². The van der Waals surface area contributed by atoms with Gasteiger partial charge in [-0.1, -0.05) is 26.0 Å². The largest absolute Gasteiger partial charge is 0.345 e. The van der Waals surface area contributed by atoms with Crippen LogP contribution in [0.25, 0.3) is 0 Å². The Balaban J connectivity index is 2.18. The van der Waals surface area contributed by atoms with Crippen molar-refractivity contribution in [2.24, 2.45) is 11.7 Å². The summed E-state index contributed by atoms with van der Waals surface area (Å²) in [5.41, 5.74) is 9.25. The fourth-order valence-corrected chi connectivity index (χ4v) is 2.58. The van der Waals surface area contributed by atoms with Crippen molar-refractivity contribution in [3.63, 3.8) is 0 Å². The highest BCUT2D eigenvalue weighted by molar-refractivity contribution is 5.94. The Morgan fingerprint density at radius 3 is 2.58 bits per heavy atom. The van der Waals surface area contributed by atoms with E-state index in [0.717, 1.165) is 17.0 Å². The Morgan fingerprint density at radius 1 is 1.33 bits per heavy atom. The first-order valence-electron chi connectivity index (χ1n) is 8.38. The summed E-state index contributed by atoms with van der Waals surface area (Å²) in [6, 6.07) is 9.72. The Kier molecular flexibility index (Phi) is 5.44. The van der Waals surface area contributed by atoms with Crippen molar-refractivity contribution in [2.75, 3.05) is 6.54 Å². The van der Waals surface area contributed by atoms with E-state index in [1.807, 2.05) is 55.8 Å². The van der Waals surface area contributed by atoms with Crippen LogP contribution >= 0.6 is 0 Å². The van der Waals surface area contributed by atoms with Gasteiger partial charge in [0.25, 0.3) is 5.91 Å². The maximum Gasteiger partial charge on any atom is 0.251 e. The van der Waals surface area contributed by atoms with Crippen molar-refractivity contribution in [3.05, 3.63) is 52.8 Å². The van der Waals surface area contributed by atoms with Crippen LogP contribution in [0.4, 0.5) is 0 Å². The van der Waals surface area contributed by atoms with Crippen molar-refractivity contribution in [1.82, 2.24) is 15.1 Å². The van der Waals surface area contributed by atoms with Gasteiger partial charge in [0.2, 0.25) is 0 Å². The zero-order chi connectivity index (χ0) is 17.9. The number of hydrogen-bond donors (Lipinski definition) is 2. The molecule has 1 heterocycles. The molecule has 1 aromatic heterocycles. The molecule has 0 aliphatic heterocycles. The molecule has 5 nitrogen and oxygen atoms in total. The number of carbonyl (C=O) groups is 1. The van der Waals surface area contributed by atoms with E-state index >= 15 is 0 Å². The van der Waals surface area contributed by atoms with Crippen LogP contribution in [-0.4, -0.2) is 27.8 Å². The van der Waals surface area contributed by atoms with Crippen LogP contribution in [-0.2, 0) is 6.54 Å². The van der Waals surface area contributed by atoms with E-state index in [4.69, 9.17) is 5.73 Å². The van der Waals surface area contributed by atoms with Gasteiger partial charge < -0.3 is 11.1 Å². The van der Waals surface area contributed by atoms with Crippen LogP contribution in [0.5, 0.6) is 0 Å². The standard InChI is InChI=1S/C19H28N4O/c1-13(2)19(5,12-20)21-18(24)17-8-6-7-16(10-17)11-23-15(4)9-14(3)22-23/h6-10,13H,11-12,20H2,1-5H3,(H,21,24). The number of hydrogen-bond acceptors (Lipinski definition) is 3. The number of carbonyl (C=O) groups excluding carboxylic acids is 1. The second kappa shape index (κ2) is 7.18. The number of aryl methyl sites for hydroxylation is 2. The molecule has 0 spiro atoms. The number of rotatable bonds is 6. The Labute approximate surface area is 144 Å². The maximum atomic E-state index is 12.6. The molecular formula is C19H28N4O. The molecule has 1 atom stereocenters. The molecule has 0 bridgehead atoms. The molecule has 0 saturated carbocycles. The van der Waals surface area contributed by atoms with Crippen LogP contribution in [0.2, 0.25) is 0 Å². The zero-order valence-corrected chi connectivity index (χ0v) is 15.3. The monoisotopic (exact) mass is 328 g/mol. The van der Waals surface area contributed by atoms with Crippen molar-refractivity contribution >= 4 is 5.91 Å². The molecule has 0 saturated heterocycles.